The lowest BCUT2D eigenvalue weighted by Crippen LogP contribution is -2.25. The van der Waals surface area contributed by atoms with Gasteiger partial charge in [0.25, 0.3) is 0 Å². The van der Waals surface area contributed by atoms with E-state index in [1.165, 1.54) is 11.1 Å². The van der Waals surface area contributed by atoms with Gasteiger partial charge in [0, 0.05) is 18.6 Å². The zero-order chi connectivity index (χ0) is 12.5. The minimum atomic E-state index is -0.862. The molecule has 2 atom stereocenters. The van der Waals surface area contributed by atoms with Crippen LogP contribution in [-0.4, -0.2) is 44.0 Å². The SMILES string of the molecule is O=C(O)C1CC2=C(C=N1)CCC(c1nn[nH]n1)C2. The van der Waals surface area contributed by atoms with Crippen molar-refractivity contribution >= 4 is 12.2 Å². The van der Waals surface area contributed by atoms with E-state index < -0.39 is 12.0 Å². The third-order valence-electron chi connectivity index (χ3n) is 3.57. The third kappa shape index (κ3) is 1.92. The monoisotopic (exact) mass is 247 g/mol. The minimum Gasteiger partial charge on any atom is -0.480 e. The maximum absolute atomic E-state index is 11.0. The van der Waals surface area contributed by atoms with Crippen molar-refractivity contribution in [3.05, 3.63) is 17.0 Å². The maximum Gasteiger partial charge on any atom is 0.328 e. The lowest BCUT2D eigenvalue weighted by molar-refractivity contribution is -0.138. The van der Waals surface area contributed by atoms with Crippen molar-refractivity contribution in [2.24, 2.45) is 4.99 Å². The van der Waals surface area contributed by atoms with Crippen LogP contribution in [0.4, 0.5) is 0 Å². The number of carbonyl (C=O) groups is 1. The van der Waals surface area contributed by atoms with Crippen LogP contribution in [0.25, 0.3) is 0 Å². The number of hydrogen-bond acceptors (Lipinski definition) is 5. The van der Waals surface area contributed by atoms with Gasteiger partial charge >= 0.3 is 5.97 Å². The Morgan fingerprint density at radius 1 is 1.44 bits per heavy atom. The van der Waals surface area contributed by atoms with Crippen molar-refractivity contribution in [1.82, 2.24) is 20.6 Å². The molecule has 0 saturated carbocycles. The first-order valence-corrected chi connectivity index (χ1v) is 5.94. The molecule has 0 radical (unpaired) electrons. The Bertz CT molecular complexity index is 520. The smallest absolute Gasteiger partial charge is 0.328 e. The molecule has 0 amide bonds. The molecule has 7 heteroatoms. The van der Waals surface area contributed by atoms with Gasteiger partial charge < -0.3 is 5.11 Å². The van der Waals surface area contributed by atoms with Crippen LogP contribution in [0.3, 0.4) is 0 Å². The van der Waals surface area contributed by atoms with E-state index in [9.17, 15) is 4.79 Å². The van der Waals surface area contributed by atoms with Crippen LogP contribution in [0.5, 0.6) is 0 Å². The molecule has 7 nitrogen and oxygen atoms in total. The largest absolute Gasteiger partial charge is 0.480 e. The molecule has 0 spiro atoms. The van der Waals surface area contributed by atoms with Gasteiger partial charge in [0.05, 0.1) is 0 Å². The lowest BCUT2D eigenvalue weighted by atomic mass is 9.80. The van der Waals surface area contributed by atoms with Crippen LogP contribution in [0.2, 0.25) is 0 Å². The molecule has 1 aromatic rings. The molecular weight excluding hydrogens is 234 g/mol. The Morgan fingerprint density at radius 2 is 2.33 bits per heavy atom. The number of tetrazole rings is 1. The van der Waals surface area contributed by atoms with E-state index in [1.54, 1.807) is 6.21 Å². The Hall–Kier alpha value is -2.05. The number of H-pyrrole nitrogens is 1. The molecule has 2 N–H and O–H groups in total. The molecule has 18 heavy (non-hydrogen) atoms. The fraction of sp³-hybridized carbons (Fsp3) is 0.545. The molecular formula is C11H13N5O2. The third-order valence-corrected chi connectivity index (χ3v) is 3.57. The summed E-state index contributed by atoms with van der Waals surface area (Å²) < 4.78 is 0. The van der Waals surface area contributed by atoms with E-state index in [0.717, 1.165) is 25.1 Å². The molecule has 3 rings (SSSR count). The number of nitrogens with zero attached hydrogens (tertiary/aromatic N) is 4. The Labute approximate surface area is 103 Å². The minimum absolute atomic E-state index is 0.239. The first kappa shape index (κ1) is 11.1. The lowest BCUT2D eigenvalue weighted by Gasteiger charge is -2.27. The van der Waals surface area contributed by atoms with E-state index in [-0.39, 0.29) is 5.92 Å². The summed E-state index contributed by atoms with van der Waals surface area (Å²) in [5, 5.41) is 23.1. The fourth-order valence-corrected chi connectivity index (χ4v) is 2.59. The van der Waals surface area contributed by atoms with E-state index >= 15 is 0 Å². The zero-order valence-corrected chi connectivity index (χ0v) is 9.70. The normalized spacial score (nSPS) is 27.1. The van der Waals surface area contributed by atoms with Gasteiger partial charge in [-0.25, -0.2) is 4.79 Å². The van der Waals surface area contributed by atoms with Gasteiger partial charge in [0.1, 0.15) is 0 Å². The number of aromatic amines is 1. The van der Waals surface area contributed by atoms with Crippen molar-refractivity contribution in [1.29, 1.82) is 0 Å². The van der Waals surface area contributed by atoms with Crippen molar-refractivity contribution < 1.29 is 9.90 Å². The summed E-state index contributed by atoms with van der Waals surface area (Å²) in [6.45, 7) is 0. The Kier molecular flexibility index (Phi) is 2.66. The van der Waals surface area contributed by atoms with Crippen molar-refractivity contribution in [3.63, 3.8) is 0 Å². The molecule has 0 aromatic carbocycles. The molecule has 0 fully saturated rings. The summed E-state index contributed by atoms with van der Waals surface area (Å²) in [4.78, 5) is 15.0. The van der Waals surface area contributed by atoms with Gasteiger partial charge in [-0.15, -0.1) is 10.2 Å². The fourth-order valence-electron chi connectivity index (χ4n) is 2.59. The van der Waals surface area contributed by atoms with Gasteiger partial charge in [-0.1, -0.05) is 10.8 Å². The van der Waals surface area contributed by atoms with Gasteiger partial charge in [-0.3, -0.25) is 4.99 Å². The van der Waals surface area contributed by atoms with Crippen molar-refractivity contribution in [2.75, 3.05) is 0 Å². The number of carboxylic acids is 1. The highest BCUT2D eigenvalue weighted by Crippen LogP contribution is 2.37. The first-order valence-electron chi connectivity index (χ1n) is 5.94. The standard InChI is InChI=1S/C11H13N5O2/c17-11(18)9-4-8-3-6(10-13-15-16-14-10)1-2-7(8)5-12-9/h5-6,9H,1-4H2,(H,17,18)(H,13,14,15,16). The number of hydrogen-bond donors (Lipinski definition) is 2. The number of carboxylic acid groups (broad SMARTS) is 1. The van der Waals surface area contributed by atoms with E-state index in [1.807, 2.05) is 0 Å². The van der Waals surface area contributed by atoms with Gasteiger partial charge in [-0.05, 0) is 24.8 Å². The van der Waals surface area contributed by atoms with Crippen LogP contribution in [0.1, 0.15) is 37.4 Å². The summed E-state index contributed by atoms with van der Waals surface area (Å²) in [5.41, 5.74) is 2.37. The van der Waals surface area contributed by atoms with Crippen LogP contribution in [0, 0.1) is 0 Å². The molecule has 1 aromatic heterocycles. The predicted octanol–water partition coefficient (Wildman–Crippen LogP) is 0.691. The number of aromatic nitrogens is 4. The molecule has 2 aliphatic rings. The van der Waals surface area contributed by atoms with Gasteiger partial charge in [0.15, 0.2) is 11.9 Å². The summed E-state index contributed by atoms with van der Waals surface area (Å²) in [5.74, 6) is 0.0962. The average Bonchev–Trinajstić information content (AvgIpc) is 2.91. The summed E-state index contributed by atoms with van der Waals surface area (Å²) in [6, 6.07) is -0.632. The van der Waals surface area contributed by atoms with Crippen molar-refractivity contribution in [3.8, 4) is 0 Å². The highest BCUT2D eigenvalue weighted by molar-refractivity contribution is 5.86. The molecule has 0 saturated heterocycles. The number of allylic oxidation sites excluding steroid dienone is 1. The summed E-state index contributed by atoms with van der Waals surface area (Å²) >= 11 is 0. The second-order valence-corrected chi connectivity index (χ2v) is 4.67. The number of aliphatic carboxylic acids is 1. The van der Waals surface area contributed by atoms with Gasteiger partial charge in [0.2, 0.25) is 0 Å². The average molecular weight is 247 g/mol. The number of nitrogens with one attached hydrogen (secondary N) is 1. The predicted molar refractivity (Wildman–Crippen MR) is 62.3 cm³/mol. The van der Waals surface area contributed by atoms with Crippen LogP contribution >= 0.6 is 0 Å². The molecule has 1 aliphatic carbocycles. The maximum atomic E-state index is 11.0. The van der Waals surface area contributed by atoms with E-state index in [0.29, 0.717) is 6.42 Å². The van der Waals surface area contributed by atoms with E-state index in [4.69, 9.17) is 5.11 Å². The zero-order valence-electron chi connectivity index (χ0n) is 9.70. The van der Waals surface area contributed by atoms with Crippen LogP contribution in [-0.2, 0) is 4.79 Å². The van der Waals surface area contributed by atoms with Crippen molar-refractivity contribution in [2.45, 2.75) is 37.6 Å². The van der Waals surface area contributed by atoms with Crippen LogP contribution < -0.4 is 0 Å². The first-order chi connectivity index (χ1) is 8.74. The molecule has 94 valence electrons. The van der Waals surface area contributed by atoms with E-state index in [2.05, 4.69) is 25.6 Å². The second kappa shape index (κ2) is 4.32. The number of aliphatic imine (C=N–C) groups is 1. The number of rotatable bonds is 2. The quantitative estimate of drug-likeness (QED) is 0.800. The second-order valence-electron chi connectivity index (χ2n) is 4.67. The van der Waals surface area contributed by atoms with Gasteiger partial charge in [-0.2, -0.15) is 5.21 Å². The topological polar surface area (TPSA) is 104 Å². The van der Waals surface area contributed by atoms with Crippen LogP contribution in [0.15, 0.2) is 16.1 Å². The summed E-state index contributed by atoms with van der Waals surface area (Å²) in [7, 11) is 0. The number of dihydropyridines is 1. The highest BCUT2D eigenvalue weighted by Gasteiger charge is 2.30. The highest BCUT2D eigenvalue weighted by atomic mass is 16.4. The molecule has 1 aliphatic heterocycles. The molecule has 0 bridgehead atoms. The Morgan fingerprint density at radius 3 is 3.06 bits per heavy atom. The summed E-state index contributed by atoms with van der Waals surface area (Å²) in [6.07, 6.45) is 4.91. The molecule has 2 heterocycles. The molecule has 2 unspecified atom stereocenters. The Balaban J connectivity index is 1.78.